The van der Waals surface area contributed by atoms with Crippen LogP contribution in [0.2, 0.25) is 5.02 Å². The van der Waals surface area contributed by atoms with E-state index in [1.807, 2.05) is 58.8 Å². The number of fused-ring (bicyclic) bond motifs is 3. The molecule has 3 rings (SSSR count). The molecule has 1 aromatic rings. The van der Waals surface area contributed by atoms with Gasteiger partial charge in [0.05, 0.1) is 10.7 Å². The first-order valence-corrected chi connectivity index (χ1v) is 5.62. The van der Waals surface area contributed by atoms with Crippen LogP contribution in [0.15, 0.2) is 47.9 Å². The number of allylic oxidation sites excluding steroid dienone is 2. The highest BCUT2D eigenvalue weighted by molar-refractivity contribution is 6.32. The number of anilines is 1. The maximum Gasteiger partial charge on any atom is 0.129 e. The van der Waals surface area contributed by atoms with Crippen LogP contribution in [0.4, 0.5) is 5.69 Å². The van der Waals surface area contributed by atoms with Gasteiger partial charge in [0.2, 0.25) is 0 Å². The topological polar surface area (TPSA) is 6.48 Å². The van der Waals surface area contributed by atoms with Crippen LogP contribution in [-0.4, -0.2) is 5.01 Å². The van der Waals surface area contributed by atoms with E-state index in [4.69, 9.17) is 23.2 Å². The van der Waals surface area contributed by atoms with Crippen LogP contribution in [0, 0.1) is 0 Å². The number of hydrogen-bond acceptors (Lipinski definition) is 2. The van der Waals surface area contributed by atoms with Gasteiger partial charge in [-0.3, -0.25) is 5.01 Å². The average molecular weight is 251 g/mol. The zero-order chi connectivity index (χ0) is 11.1. The van der Waals surface area contributed by atoms with Crippen molar-refractivity contribution in [3.05, 3.63) is 58.5 Å². The van der Waals surface area contributed by atoms with Crippen molar-refractivity contribution in [1.29, 1.82) is 0 Å². The third-order valence-electron chi connectivity index (χ3n) is 2.57. The normalized spacial score (nSPS) is 17.0. The van der Waals surface area contributed by atoms with Crippen molar-refractivity contribution in [2.75, 3.05) is 5.01 Å². The molecule has 0 atom stereocenters. The summed E-state index contributed by atoms with van der Waals surface area (Å²) in [5.74, 6) is 0. The summed E-state index contributed by atoms with van der Waals surface area (Å²) in [4.78, 5) is 0. The van der Waals surface area contributed by atoms with Crippen LogP contribution in [0.3, 0.4) is 0 Å². The molecule has 80 valence electrons. The molecule has 0 saturated carbocycles. The van der Waals surface area contributed by atoms with E-state index in [0.717, 1.165) is 16.3 Å². The van der Waals surface area contributed by atoms with E-state index < -0.39 is 0 Å². The van der Waals surface area contributed by atoms with Gasteiger partial charge in [0.1, 0.15) is 5.16 Å². The molecule has 16 heavy (non-hydrogen) atoms. The van der Waals surface area contributed by atoms with Crippen molar-refractivity contribution in [3.8, 4) is 0 Å². The Morgan fingerprint density at radius 2 is 1.88 bits per heavy atom. The summed E-state index contributed by atoms with van der Waals surface area (Å²) < 4.78 is 0. The molecule has 2 aliphatic rings. The number of halogens is 2. The monoisotopic (exact) mass is 250 g/mol. The van der Waals surface area contributed by atoms with Crippen molar-refractivity contribution >= 4 is 35.0 Å². The first kappa shape index (κ1) is 9.82. The van der Waals surface area contributed by atoms with Crippen molar-refractivity contribution in [1.82, 2.24) is 5.01 Å². The average Bonchev–Trinajstić information content (AvgIpc) is 2.30. The Morgan fingerprint density at radius 1 is 1.00 bits per heavy atom. The minimum absolute atomic E-state index is 0.657. The summed E-state index contributed by atoms with van der Waals surface area (Å²) in [6, 6.07) is 5.82. The van der Waals surface area contributed by atoms with E-state index in [0.29, 0.717) is 5.16 Å². The lowest BCUT2D eigenvalue weighted by Gasteiger charge is -2.37. The van der Waals surface area contributed by atoms with Crippen molar-refractivity contribution in [2.45, 2.75) is 0 Å². The molecule has 0 N–H and O–H groups in total. The lowest BCUT2D eigenvalue weighted by Crippen LogP contribution is -2.36. The van der Waals surface area contributed by atoms with E-state index in [9.17, 15) is 0 Å². The summed E-state index contributed by atoms with van der Waals surface area (Å²) in [6.45, 7) is 0. The van der Waals surface area contributed by atoms with Gasteiger partial charge in [0.15, 0.2) is 0 Å². The maximum absolute atomic E-state index is 6.14. The highest BCUT2D eigenvalue weighted by Crippen LogP contribution is 2.36. The summed E-state index contributed by atoms with van der Waals surface area (Å²) in [5, 5.41) is 5.22. The number of hydrazine groups is 1. The molecule has 2 aliphatic heterocycles. The lowest BCUT2D eigenvalue weighted by atomic mass is 10.1. The van der Waals surface area contributed by atoms with Crippen molar-refractivity contribution < 1.29 is 0 Å². The minimum Gasteiger partial charge on any atom is -0.255 e. The van der Waals surface area contributed by atoms with Crippen molar-refractivity contribution in [3.63, 3.8) is 0 Å². The van der Waals surface area contributed by atoms with E-state index in [1.165, 1.54) is 0 Å². The summed E-state index contributed by atoms with van der Waals surface area (Å²) in [5.41, 5.74) is 2.04. The second-order valence-corrected chi connectivity index (χ2v) is 4.30. The van der Waals surface area contributed by atoms with Gasteiger partial charge in [-0.2, -0.15) is 0 Å². The molecule has 0 bridgehead atoms. The number of benzene rings is 1. The second-order valence-electron chi connectivity index (χ2n) is 3.51. The van der Waals surface area contributed by atoms with Gasteiger partial charge in [0.25, 0.3) is 0 Å². The molecule has 1 aromatic carbocycles. The highest BCUT2D eigenvalue weighted by Gasteiger charge is 2.22. The Bertz CT molecular complexity index is 532. The molecule has 0 spiro atoms. The Labute approximate surface area is 104 Å². The van der Waals surface area contributed by atoms with Gasteiger partial charge in [-0.1, -0.05) is 29.3 Å². The van der Waals surface area contributed by atoms with Crippen LogP contribution in [0.1, 0.15) is 5.56 Å². The quantitative estimate of drug-likeness (QED) is 0.644. The van der Waals surface area contributed by atoms with Crippen LogP contribution >= 0.6 is 23.2 Å². The minimum atomic E-state index is 0.657. The number of nitrogens with zero attached hydrogens (tertiary/aromatic N) is 2. The molecule has 2 nitrogen and oxygen atoms in total. The van der Waals surface area contributed by atoms with E-state index in [1.54, 1.807) is 0 Å². The number of rotatable bonds is 0. The largest absolute Gasteiger partial charge is 0.255 e. The number of hydrogen-bond donors (Lipinski definition) is 0. The fourth-order valence-corrected chi connectivity index (χ4v) is 2.27. The highest BCUT2D eigenvalue weighted by atomic mass is 35.5. The molecule has 0 fully saturated rings. The van der Waals surface area contributed by atoms with Gasteiger partial charge in [-0.25, -0.2) is 5.01 Å². The summed E-state index contributed by atoms with van der Waals surface area (Å²) in [7, 11) is 0. The molecule has 0 radical (unpaired) electrons. The molecule has 0 aliphatic carbocycles. The molecule has 0 saturated heterocycles. The third kappa shape index (κ3) is 1.34. The van der Waals surface area contributed by atoms with Gasteiger partial charge in [-0.15, -0.1) is 0 Å². The predicted octanol–water partition coefficient (Wildman–Crippen LogP) is 3.96. The van der Waals surface area contributed by atoms with Crippen LogP contribution < -0.4 is 5.01 Å². The lowest BCUT2D eigenvalue weighted by molar-refractivity contribution is 0.490. The fourth-order valence-electron chi connectivity index (χ4n) is 1.83. The summed E-state index contributed by atoms with van der Waals surface area (Å²) >= 11 is 12.2. The van der Waals surface area contributed by atoms with Gasteiger partial charge in [-0.05, 0) is 30.4 Å². The first-order valence-electron chi connectivity index (χ1n) is 4.86. The Kier molecular flexibility index (Phi) is 2.20. The second kappa shape index (κ2) is 3.58. The molecule has 0 aromatic heterocycles. The SMILES string of the molecule is ClC1=CC=CN2c3cccc(Cl)c3C=CN12. The molecule has 0 amide bonds. The van der Waals surface area contributed by atoms with Gasteiger partial charge < -0.3 is 0 Å². The zero-order valence-corrected chi connectivity index (χ0v) is 9.78. The van der Waals surface area contributed by atoms with E-state index in [-0.39, 0.29) is 0 Å². The van der Waals surface area contributed by atoms with Crippen LogP contribution in [0.25, 0.3) is 6.08 Å². The molecule has 0 unspecified atom stereocenters. The smallest absolute Gasteiger partial charge is 0.129 e. The van der Waals surface area contributed by atoms with Gasteiger partial charge in [0, 0.05) is 18.0 Å². The first-order chi connectivity index (χ1) is 7.77. The van der Waals surface area contributed by atoms with E-state index >= 15 is 0 Å². The standard InChI is InChI=1S/C12H8Cl2N2/c13-10-3-1-4-11-9(10)6-8-16-12(14)5-2-7-15(11)16/h1-8H. The third-order valence-corrected chi connectivity index (χ3v) is 3.20. The predicted molar refractivity (Wildman–Crippen MR) is 67.9 cm³/mol. The molecule has 4 heteroatoms. The molecule has 2 heterocycles. The Hall–Kier alpha value is -1.38. The van der Waals surface area contributed by atoms with Crippen molar-refractivity contribution in [2.24, 2.45) is 0 Å². The zero-order valence-electron chi connectivity index (χ0n) is 8.27. The van der Waals surface area contributed by atoms with Gasteiger partial charge >= 0.3 is 0 Å². The Morgan fingerprint density at radius 3 is 2.75 bits per heavy atom. The van der Waals surface area contributed by atoms with Crippen LogP contribution in [-0.2, 0) is 0 Å². The molecular formula is C12H8Cl2N2. The Balaban J connectivity index is 2.17. The fraction of sp³-hybridized carbons (Fsp3) is 0. The van der Waals surface area contributed by atoms with E-state index in [2.05, 4.69) is 0 Å². The maximum atomic E-state index is 6.14. The van der Waals surface area contributed by atoms with Crippen LogP contribution in [0.5, 0.6) is 0 Å². The summed E-state index contributed by atoms with van der Waals surface area (Å²) in [6.07, 6.45) is 9.56. The molecular weight excluding hydrogens is 243 g/mol.